The summed E-state index contributed by atoms with van der Waals surface area (Å²) in [5.41, 5.74) is 2.68. The minimum Gasteiger partial charge on any atom is -0.334 e. The summed E-state index contributed by atoms with van der Waals surface area (Å²) in [4.78, 5) is 26.5. The third-order valence-electron chi connectivity index (χ3n) is 7.23. The number of hydrogen-bond acceptors (Lipinski definition) is 4. The Kier molecular flexibility index (Phi) is 5.93. The first-order valence-electron chi connectivity index (χ1n) is 12.0. The minimum atomic E-state index is -0.676. The maximum absolute atomic E-state index is 14.1. The number of amides is 1. The van der Waals surface area contributed by atoms with E-state index in [0.717, 1.165) is 29.8 Å². The van der Waals surface area contributed by atoms with E-state index in [2.05, 4.69) is 9.88 Å². The average molecular weight is 508 g/mol. The zero-order chi connectivity index (χ0) is 24.8. The molecule has 9 heteroatoms. The topological polar surface area (TPSA) is 53.7 Å². The third kappa shape index (κ3) is 4.14. The van der Waals surface area contributed by atoms with Crippen molar-refractivity contribution in [2.24, 2.45) is 0 Å². The van der Waals surface area contributed by atoms with Crippen LogP contribution in [0.5, 0.6) is 0 Å². The van der Waals surface area contributed by atoms with Gasteiger partial charge in [0.15, 0.2) is 0 Å². The number of carbonyl (C=O) groups is 1. The molecular formula is C27H24ClF2N5O. The molecule has 4 heterocycles. The maximum Gasteiger partial charge on any atom is 0.234 e. The van der Waals surface area contributed by atoms with Gasteiger partial charge in [0.25, 0.3) is 0 Å². The normalized spacial score (nSPS) is 19.8. The number of imidazole rings is 1. The van der Waals surface area contributed by atoms with Crippen molar-refractivity contribution in [2.45, 2.75) is 37.9 Å². The van der Waals surface area contributed by atoms with Crippen molar-refractivity contribution in [1.82, 2.24) is 24.2 Å². The highest BCUT2D eigenvalue weighted by atomic mass is 35.5. The average Bonchev–Trinajstić information content (AvgIpc) is 3.36. The SMILES string of the molecule is O=C(Cc1c(F)cccc1F)N1C2CCC1CN(Cc1c(-c3ccc(Cl)cc3)nc3ncccn13)C2. The molecule has 1 amide bonds. The third-order valence-corrected chi connectivity index (χ3v) is 7.48. The van der Waals surface area contributed by atoms with E-state index in [1.54, 1.807) is 6.20 Å². The largest absolute Gasteiger partial charge is 0.334 e. The van der Waals surface area contributed by atoms with Crippen molar-refractivity contribution in [2.75, 3.05) is 13.1 Å². The van der Waals surface area contributed by atoms with E-state index in [0.29, 0.717) is 30.4 Å². The molecule has 2 unspecified atom stereocenters. The van der Waals surface area contributed by atoms with Gasteiger partial charge < -0.3 is 4.90 Å². The van der Waals surface area contributed by atoms with E-state index in [-0.39, 0.29) is 30.0 Å². The van der Waals surface area contributed by atoms with E-state index in [1.807, 2.05) is 45.8 Å². The van der Waals surface area contributed by atoms with Crippen molar-refractivity contribution in [3.63, 3.8) is 0 Å². The standard InChI is InChI=1S/C27H24ClF2N5O/c28-18-7-5-17(6-8-18)26-24(34-12-2-11-31-27(34)32-26)16-33-14-19-9-10-20(15-33)35(19)25(36)13-21-22(29)3-1-4-23(21)30/h1-8,11-12,19-20H,9-10,13-16H2. The lowest BCUT2D eigenvalue weighted by Gasteiger charge is -2.41. The number of piperazine rings is 1. The second-order valence-corrected chi connectivity index (χ2v) is 9.90. The Labute approximate surface area is 212 Å². The molecule has 36 heavy (non-hydrogen) atoms. The Morgan fingerprint density at radius 3 is 2.39 bits per heavy atom. The van der Waals surface area contributed by atoms with Gasteiger partial charge in [-0.2, -0.15) is 0 Å². The van der Waals surface area contributed by atoms with E-state index in [4.69, 9.17) is 16.6 Å². The van der Waals surface area contributed by atoms with Crippen LogP contribution in [-0.4, -0.2) is 55.2 Å². The van der Waals surface area contributed by atoms with Crippen LogP contribution in [0.15, 0.2) is 60.9 Å². The van der Waals surface area contributed by atoms with Crippen LogP contribution in [0.2, 0.25) is 5.02 Å². The lowest BCUT2D eigenvalue weighted by Crippen LogP contribution is -2.55. The molecule has 2 fully saturated rings. The van der Waals surface area contributed by atoms with E-state index in [1.165, 1.54) is 18.2 Å². The smallest absolute Gasteiger partial charge is 0.234 e. The van der Waals surface area contributed by atoms with Gasteiger partial charge >= 0.3 is 0 Å². The van der Waals surface area contributed by atoms with Crippen LogP contribution in [0.3, 0.4) is 0 Å². The van der Waals surface area contributed by atoms with Gasteiger partial charge in [0, 0.05) is 60.3 Å². The van der Waals surface area contributed by atoms with Crippen LogP contribution >= 0.6 is 11.6 Å². The van der Waals surface area contributed by atoms with Crippen LogP contribution in [0, 0.1) is 11.6 Å². The molecule has 2 bridgehead atoms. The van der Waals surface area contributed by atoms with Crippen molar-refractivity contribution in [1.29, 1.82) is 0 Å². The van der Waals surface area contributed by atoms with Gasteiger partial charge in [0.2, 0.25) is 11.7 Å². The molecule has 6 nitrogen and oxygen atoms in total. The number of hydrogen-bond donors (Lipinski definition) is 0. The number of benzene rings is 2. The summed E-state index contributed by atoms with van der Waals surface area (Å²) in [6, 6.07) is 13.2. The van der Waals surface area contributed by atoms with Crippen LogP contribution in [0.25, 0.3) is 17.0 Å². The Hall–Kier alpha value is -3.36. The Bertz CT molecular complexity index is 1410. The fourth-order valence-corrected chi connectivity index (χ4v) is 5.73. The maximum atomic E-state index is 14.1. The zero-order valence-corrected chi connectivity index (χ0v) is 20.2. The molecular weight excluding hydrogens is 484 g/mol. The van der Waals surface area contributed by atoms with Gasteiger partial charge in [-0.15, -0.1) is 0 Å². The summed E-state index contributed by atoms with van der Waals surface area (Å²) in [5, 5.41) is 0.662. The highest BCUT2D eigenvalue weighted by molar-refractivity contribution is 6.30. The summed E-state index contributed by atoms with van der Waals surface area (Å²) in [5.74, 6) is -0.941. The lowest BCUT2D eigenvalue weighted by atomic mass is 10.1. The Morgan fingerprint density at radius 1 is 1.00 bits per heavy atom. The lowest BCUT2D eigenvalue weighted by molar-refractivity contribution is -0.136. The fraction of sp³-hybridized carbons (Fsp3) is 0.296. The summed E-state index contributed by atoms with van der Waals surface area (Å²) in [6.07, 6.45) is 5.18. The van der Waals surface area contributed by atoms with Gasteiger partial charge in [-0.25, -0.2) is 18.7 Å². The monoisotopic (exact) mass is 507 g/mol. The molecule has 0 aliphatic carbocycles. The number of nitrogens with zero attached hydrogens (tertiary/aromatic N) is 5. The second-order valence-electron chi connectivity index (χ2n) is 9.46. The number of halogens is 3. The molecule has 2 aliphatic rings. The van der Waals surface area contributed by atoms with Crippen molar-refractivity contribution in [3.8, 4) is 11.3 Å². The number of aromatic nitrogens is 3. The molecule has 2 atom stereocenters. The zero-order valence-electron chi connectivity index (χ0n) is 19.4. The summed E-state index contributed by atoms with van der Waals surface area (Å²) < 4.78 is 30.3. The minimum absolute atomic E-state index is 0.0161. The van der Waals surface area contributed by atoms with Crippen molar-refractivity contribution < 1.29 is 13.6 Å². The van der Waals surface area contributed by atoms with Crippen molar-refractivity contribution in [3.05, 3.63) is 88.8 Å². The number of rotatable bonds is 5. The predicted octanol–water partition coefficient (Wildman–Crippen LogP) is 4.75. The van der Waals surface area contributed by atoms with Crippen LogP contribution in [-0.2, 0) is 17.8 Å². The number of likely N-dealkylation sites (tertiary alicyclic amines) is 1. The summed E-state index contributed by atoms with van der Waals surface area (Å²) in [6.45, 7) is 2.02. The molecule has 2 aromatic heterocycles. The number of carbonyl (C=O) groups excluding carboxylic acids is 1. The summed E-state index contributed by atoms with van der Waals surface area (Å²) >= 11 is 6.10. The number of fused-ring (bicyclic) bond motifs is 3. The molecule has 2 aromatic carbocycles. The van der Waals surface area contributed by atoms with Gasteiger partial charge in [0.05, 0.1) is 17.8 Å². The molecule has 4 aromatic rings. The van der Waals surface area contributed by atoms with E-state index in [9.17, 15) is 13.6 Å². The first kappa shape index (κ1) is 23.1. The van der Waals surface area contributed by atoms with E-state index < -0.39 is 11.6 Å². The molecule has 0 spiro atoms. The first-order valence-corrected chi connectivity index (χ1v) is 12.4. The molecule has 0 saturated carbocycles. The van der Waals surface area contributed by atoms with Gasteiger partial charge in [-0.1, -0.05) is 29.8 Å². The Balaban J connectivity index is 1.24. The Morgan fingerprint density at radius 2 is 1.69 bits per heavy atom. The van der Waals surface area contributed by atoms with E-state index >= 15 is 0 Å². The molecule has 2 aliphatic heterocycles. The highest BCUT2D eigenvalue weighted by Crippen LogP contribution is 2.33. The van der Waals surface area contributed by atoms with Crippen LogP contribution < -0.4 is 0 Å². The first-order chi connectivity index (χ1) is 17.5. The molecule has 6 rings (SSSR count). The second kappa shape index (κ2) is 9.26. The molecule has 0 N–H and O–H groups in total. The summed E-state index contributed by atoms with van der Waals surface area (Å²) in [7, 11) is 0. The van der Waals surface area contributed by atoms with Gasteiger partial charge in [0.1, 0.15) is 11.6 Å². The molecule has 0 radical (unpaired) electrons. The van der Waals surface area contributed by atoms with Gasteiger partial charge in [-0.05, 0) is 43.2 Å². The fourth-order valence-electron chi connectivity index (χ4n) is 5.61. The van der Waals surface area contributed by atoms with Crippen molar-refractivity contribution >= 4 is 23.3 Å². The van der Waals surface area contributed by atoms with Crippen LogP contribution in [0.1, 0.15) is 24.1 Å². The highest BCUT2D eigenvalue weighted by Gasteiger charge is 2.42. The molecule has 184 valence electrons. The predicted molar refractivity (Wildman–Crippen MR) is 132 cm³/mol. The van der Waals surface area contributed by atoms with Gasteiger partial charge in [-0.3, -0.25) is 14.1 Å². The molecule has 2 saturated heterocycles. The quantitative estimate of drug-likeness (QED) is 0.391. The van der Waals surface area contributed by atoms with Crippen LogP contribution in [0.4, 0.5) is 8.78 Å².